The summed E-state index contributed by atoms with van der Waals surface area (Å²) in [4.78, 5) is 0. The predicted molar refractivity (Wildman–Crippen MR) is 87.9 cm³/mol. The Morgan fingerprint density at radius 1 is 1.45 bits per heavy atom. The van der Waals surface area contributed by atoms with Crippen LogP contribution in [0.4, 0.5) is 0 Å². The molecule has 0 aliphatic heterocycles. The van der Waals surface area contributed by atoms with Crippen molar-refractivity contribution in [2.75, 3.05) is 6.61 Å². The maximum absolute atomic E-state index is 5.87. The summed E-state index contributed by atoms with van der Waals surface area (Å²) in [6.45, 7) is 9.76. The van der Waals surface area contributed by atoms with Gasteiger partial charge in [0.1, 0.15) is 0 Å². The van der Waals surface area contributed by atoms with Gasteiger partial charge in [-0.15, -0.1) is 0 Å². The van der Waals surface area contributed by atoms with Crippen LogP contribution in [0.1, 0.15) is 52.1 Å². The summed E-state index contributed by atoms with van der Waals surface area (Å²) in [7, 11) is 0. The second-order valence-corrected chi connectivity index (χ2v) is 6.95. The molecule has 0 saturated heterocycles. The first kappa shape index (κ1) is 16.0. The number of halogens is 1. The van der Waals surface area contributed by atoms with Crippen LogP contribution in [0.3, 0.4) is 0 Å². The summed E-state index contributed by atoms with van der Waals surface area (Å²) in [6.07, 6.45) is 2.68. The van der Waals surface area contributed by atoms with Gasteiger partial charge in [0, 0.05) is 28.6 Å². The van der Waals surface area contributed by atoms with E-state index in [1.54, 1.807) is 0 Å². The molecule has 2 nitrogen and oxygen atoms in total. The van der Waals surface area contributed by atoms with Gasteiger partial charge in [0.15, 0.2) is 0 Å². The largest absolute Gasteiger partial charge is 0.378 e. The van der Waals surface area contributed by atoms with E-state index in [1.165, 1.54) is 5.56 Å². The second kappa shape index (κ2) is 6.59. The van der Waals surface area contributed by atoms with Crippen LogP contribution in [0, 0.1) is 5.41 Å². The Balaban J connectivity index is 2.00. The molecule has 1 aliphatic carbocycles. The number of hydrogen-bond donors (Lipinski definition) is 1. The van der Waals surface area contributed by atoms with E-state index >= 15 is 0 Å². The van der Waals surface area contributed by atoms with Crippen molar-refractivity contribution in [2.45, 2.75) is 58.7 Å². The van der Waals surface area contributed by atoms with E-state index in [0.29, 0.717) is 18.2 Å². The first-order valence-corrected chi connectivity index (χ1v) is 8.43. The lowest BCUT2D eigenvalue weighted by atomic mass is 9.61. The molecule has 0 heterocycles. The second-order valence-electron chi connectivity index (χ2n) is 6.04. The fraction of sp³-hybridized carbons (Fsp3) is 0.647. The average Bonchev–Trinajstić information content (AvgIpc) is 2.45. The number of benzene rings is 1. The molecule has 0 radical (unpaired) electrons. The quantitative estimate of drug-likeness (QED) is 0.811. The van der Waals surface area contributed by atoms with E-state index in [9.17, 15) is 0 Å². The Kier molecular flexibility index (Phi) is 5.27. The minimum absolute atomic E-state index is 0.260. The fourth-order valence-electron chi connectivity index (χ4n) is 3.18. The molecule has 2 rings (SSSR count). The fourth-order valence-corrected chi connectivity index (χ4v) is 3.60. The van der Waals surface area contributed by atoms with Crippen molar-refractivity contribution < 1.29 is 4.74 Å². The third kappa shape index (κ3) is 3.10. The number of ether oxygens (including phenoxy) is 1. The highest BCUT2D eigenvalue weighted by Crippen LogP contribution is 2.46. The molecule has 20 heavy (non-hydrogen) atoms. The van der Waals surface area contributed by atoms with Gasteiger partial charge < -0.3 is 10.1 Å². The zero-order valence-corrected chi connectivity index (χ0v) is 14.5. The van der Waals surface area contributed by atoms with Crippen molar-refractivity contribution in [3.05, 3.63) is 34.3 Å². The summed E-state index contributed by atoms with van der Waals surface area (Å²) in [5.74, 6) is 0. The number of nitrogens with one attached hydrogen (secondary N) is 1. The maximum Gasteiger partial charge on any atom is 0.0658 e. The lowest BCUT2D eigenvalue weighted by molar-refractivity contribution is -0.127. The molecule has 0 spiro atoms. The van der Waals surface area contributed by atoms with Gasteiger partial charge in [-0.2, -0.15) is 0 Å². The van der Waals surface area contributed by atoms with Gasteiger partial charge in [-0.1, -0.05) is 41.9 Å². The highest BCUT2D eigenvalue weighted by atomic mass is 79.9. The minimum Gasteiger partial charge on any atom is -0.378 e. The SMILES string of the molecule is CCOC1CC(N[C@@H](C)c2cccc(Br)c2)C1(C)CC. The Labute approximate surface area is 131 Å². The van der Waals surface area contributed by atoms with Crippen LogP contribution in [-0.4, -0.2) is 18.8 Å². The Bertz CT molecular complexity index is 450. The molecule has 1 saturated carbocycles. The van der Waals surface area contributed by atoms with Crippen molar-refractivity contribution in [3.8, 4) is 0 Å². The zero-order chi connectivity index (χ0) is 14.8. The molecule has 1 aliphatic rings. The lowest BCUT2D eigenvalue weighted by Gasteiger charge is -2.54. The minimum atomic E-state index is 0.260. The standard InChI is InChI=1S/C17H26BrNO/c1-5-17(4)15(11-16(17)20-6-2)19-12(3)13-8-7-9-14(18)10-13/h7-10,12,15-16,19H,5-6,11H2,1-4H3/t12-,15?,16?,17?/m0/s1. The first-order chi connectivity index (χ1) is 9.51. The normalized spacial score (nSPS) is 30.9. The average molecular weight is 340 g/mol. The van der Waals surface area contributed by atoms with E-state index < -0.39 is 0 Å². The van der Waals surface area contributed by atoms with Gasteiger partial charge in [0.05, 0.1) is 6.10 Å². The van der Waals surface area contributed by atoms with Gasteiger partial charge in [-0.3, -0.25) is 0 Å². The summed E-state index contributed by atoms with van der Waals surface area (Å²) < 4.78 is 7.01. The van der Waals surface area contributed by atoms with Crippen LogP contribution in [-0.2, 0) is 4.74 Å². The van der Waals surface area contributed by atoms with Crippen LogP contribution < -0.4 is 5.32 Å². The van der Waals surface area contributed by atoms with E-state index in [0.717, 1.165) is 23.9 Å². The van der Waals surface area contributed by atoms with Crippen LogP contribution in [0.5, 0.6) is 0 Å². The van der Waals surface area contributed by atoms with Gasteiger partial charge in [0.2, 0.25) is 0 Å². The van der Waals surface area contributed by atoms with E-state index in [1.807, 2.05) is 0 Å². The van der Waals surface area contributed by atoms with Crippen molar-refractivity contribution >= 4 is 15.9 Å². The Morgan fingerprint density at radius 3 is 2.80 bits per heavy atom. The van der Waals surface area contributed by atoms with Crippen molar-refractivity contribution in [3.63, 3.8) is 0 Å². The Morgan fingerprint density at radius 2 is 2.20 bits per heavy atom. The summed E-state index contributed by atoms with van der Waals surface area (Å²) >= 11 is 3.55. The van der Waals surface area contributed by atoms with Gasteiger partial charge >= 0.3 is 0 Å². The lowest BCUT2D eigenvalue weighted by Crippen LogP contribution is -2.62. The molecular formula is C17H26BrNO. The highest BCUT2D eigenvalue weighted by molar-refractivity contribution is 9.10. The molecule has 0 aromatic heterocycles. The van der Waals surface area contributed by atoms with Crippen LogP contribution in [0.2, 0.25) is 0 Å². The summed E-state index contributed by atoms with van der Waals surface area (Å²) in [5.41, 5.74) is 1.59. The van der Waals surface area contributed by atoms with Crippen molar-refractivity contribution in [1.82, 2.24) is 5.32 Å². The zero-order valence-electron chi connectivity index (χ0n) is 12.9. The van der Waals surface area contributed by atoms with E-state index in [2.05, 4.69) is 73.2 Å². The maximum atomic E-state index is 5.87. The molecule has 1 aromatic carbocycles. The molecule has 0 amide bonds. The molecule has 3 unspecified atom stereocenters. The van der Waals surface area contributed by atoms with Gasteiger partial charge in [0.25, 0.3) is 0 Å². The van der Waals surface area contributed by atoms with Gasteiger partial charge in [-0.25, -0.2) is 0 Å². The number of rotatable bonds is 6. The molecule has 1 N–H and O–H groups in total. The van der Waals surface area contributed by atoms with Crippen LogP contribution >= 0.6 is 15.9 Å². The molecule has 0 bridgehead atoms. The third-order valence-corrected chi connectivity index (χ3v) is 5.40. The molecular weight excluding hydrogens is 314 g/mol. The van der Waals surface area contributed by atoms with Crippen LogP contribution in [0.15, 0.2) is 28.7 Å². The summed E-state index contributed by atoms with van der Waals surface area (Å²) in [6, 6.07) is 9.45. The number of hydrogen-bond acceptors (Lipinski definition) is 2. The molecule has 1 aromatic rings. The summed E-state index contributed by atoms with van der Waals surface area (Å²) in [5, 5.41) is 3.79. The molecule has 4 atom stereocenters. The molecule has 3 heteroatoms. The predicted octanol–water partition coefficient (Wildman–Crippen LogP) is 4.69. The molecule has 112 valence electrons. The first-order valence-electron chi connectivity index (χ1n) is 7.64. The highest BCUT2D eigenvalue weighted by Gasteiger charge is 2.51. The van der Waals surface area contributed by atoms with E-state index in [4.69, 9.17) is 4.74 Å². The molecule has 1 fully saturated rings. The van der Waals surface area contributed by atoms with Crippen molar-refractivity contribution in [1.29, 1.82) is 0 Å². The monoisotopic (exact) mass is 339 g/mol. The smallest absolute Gasteiger partial charge is 0.0658 e. The van der Waals surface area contributed by atoms with Crippen LogP contribution in [0.25, 0.3) is 0 Å². The van der Waals surface area contributed by atoms with Gasteiger partial charge in [-0.05, 0) is 44.4 Å². The van der Waals surface area contributed by atoms with E-state index in [-0.39, 0.29) is 5.41 Å². The topological polar surface area (TPSA) is 21.3 Å². The van der Waals surface area contributed by atoms with Crippen molar-refractivity contribution in [2.24, 2.45) is 5.41 Å². The third-order valence-electron chi connectivity index (χ3n) is 4.91. The Hall–Kier alpha value is -0.380.